The van der Waals surface area contributed by atoms with Crippen molar-refractivity contribution in [3.05, 3.63) is 65.7 Å². The molecule has 45 heavy (non-hydrogen) atoms. The number of aliphatic hydroxyl groups is 2. The van der Waals surface area contributed by atoms with Crippen LogP contribution in [-0.4, -0.2) is 81.6 Å². The topological polar surface area (TPSA) is 124 Å². The summed E-state index contributed by atoms with van der Waals surface area (Å²) in [5.41, 5.74) is 2.12. The maximum atomic E-state index is 13.4. The number of hydrogen-bond acceptors (Lipinski definition) is 10. The van der Waals surface area contributed by atoms with Gasteiger partial charge in [-0.2, -0.15) is 8.42 Å². The van der Waals surface area contributed by atoms with Gasteiger partial charge in [0.1, 0.15) is 24.4 Å². The first-order valence-electron chi connectivity index (χ1n) is 16.0. The lowest BCUT2D eigenvalue weighted by molar-refractivity contribution is -0.452. The van der Waals surface area contributed by atoms with Crippen molar-refractivity contribution in [3.63, 3.8) is 0 Å². The molecule has 1 aliphatic carbocycles. The van der Waals surface area contributed by atoms with Gasteiger partial charge in [0, 0.05) is 12.3 Å². The molecule has 2 aliphatic heterocycles. The monoisotopic (exact) mass is 663 g/mol. The van der Waals surface area contributed by atoms with Gasteiger partial charge in [-0.25, -0.2) is 4.84 Å². The van der Waals surface area contributed by atoms with E-state index in [1.807, 2.05) is 25.1 Å². The van der Waals surface area contributed by atoms with Crippen LogP contribution in [0, 0.1) is 6.92 Å². The van der Waals surface area contributed by atoms with Crippen molar-refractivity contribution in [2.24, 2.45) is 0 Å². The SMILES string of the molecule is Cc1ccc(S(=O)(=O)O[C@@H](CO[Si](C)(C)C(C)(C)C)[C@H]2ON3O[C@@H](O[C@H]4CCCC[C@@H]4c4ccccc4)C[C@H](O)[C@@H]3[C@@H]2O)cc1. The van der Waals surface area contributed by atoms with Crippen molar-refractivity contribution in [1.29, 1.82) is 0 Å². The predicted octanol–water partition coefficient (Wildman–Crippen LogP) is 5.20. The van der Waals surface area contributed by atoms with Gasteiger partial charge in [-0.3, -0.25) is 9.02 Å². The van der Waals surface area contributed by atoms with Gasteiger partial charge in [-0.1, -0.05) is 86.9 Å². The Morgan fingerprint density at radius 2 is 1.67 bits per heavy atom. The Morgan fingerprint density at radius 3 is 2.33 bits per heavy atom. The minimum absolute atomic E-state index is 0.0131. The van der Waals surface area contributed by atoms with E-state index in [-0.39, 0.29) is 35.0 Å². The van der Waals surface area contributed by atoms with Crippen LogP contribution in [0.3, 0.4) is 0 Å². The summed E-state index contributed by atoms with van der Waals surface area (Å²) in [4.78, 5) is 12.1. The van der Waals surface area contributed by atoms with Gasteiger partial charge in [-0.05, 0) is 55.6 Å². The Labute approximate surface area is 268 Å². The lowest BCUT2D eigenvalue weighted by Crippen LogP contribution is -2.54. The molecule has 2 aromatic carbocycles. The number of ether oxygens (including phenoxy) is 1. The fraction of sp³-hybridized carbons (Fsp3) is 0.636. The zero-order valence-corrected chi connectivity index (χ0v) is 29.0. The highest BCUT2D eigenvalue weighted by atomic mass is 32.2. The third kappa shape index (κ3) is 7.89. The summed E-state index contributed by atoms with van der Waals surface area (Å²) in [7, 11) is -6.60. The van der Waals surface area contributed by atoms with E-state index in [0.717, 1.165) is 36.5 Å². The molecule has 2 heterocycles. The lowest BCUT2D eigenvalue weighted by Gasteiger charge is -2.40. The van der Waals surface area contributed by atoms with Crippen LogP contribution >= 0.6 is 0 Å². The Bertz CT molecular complexity index is 1370. The maximum absolute atomic E-state index is 13.4. The Hall–Kier alpha value is -1.71. The third-order valence-corrected chi connectivity index (χ3v) is 15.7. The summed E-state index contributed by atoms with van der Waals surface area (Å²) in [6, 6.07) is 15.7. The molecule has 2 N–H and O–H groups in total. The largest absolute Gasteiger partial charge is 0.414 e. The van der Waals surface area contributed by atoms with E-state index in [2.05, 4.69) is 46.0 Å². The van der Waals surface area contributed by atoms with Gasteiger partial charge in [0.15, 0.2) is 14.6 Å². The number of aryl methyl sites for hydroxylation is 1. The molecule has 0 bridgehead atoms. The number of fused-ring (bicyclic) bond motifs is 1. The molecule has 1 saturated carbocycles. The average Bonchev–Trinajstić information content (AvgIpc) is 3.32. The van der Waals surface area contributed by atoms with Crippen LogP contribution in [0.2, 0.25) is 18.1 Å². The molecule has 0 radical (unpaired) electrons. The summed E-state index contributed by atoms with van der Waals surface area (Å²) >= 11 is 0. The lowest BCUT2D eigenvalue weighted by atomic mass is 9.81. The van der Waals surface area contributed by atoms with E-state index in [1.165, 1.54) is 17.7 Å². The fourth-order valence-corrected chi connectivity index (χ4v) is 8.13. The number of hydrogen-bond donors (Lipinski definition) is 2. The molecule has 3 fully saturated rings. The average molecular weight is 664 g/mol. The van der Waals surface area contributed by atoms with Gasteiger partial charge in [0.2, 0.25) is 0 Å². The van der Waals surface area contributed by atoms with Gasteiger partial charge in [0.05, 0.1) is 23.7 Å². The summed E-state index contributed by atoms with van der Waals surface area (Å²) in [6.45, 7) is 12.1. The molecule has 0 unspecified atom stereocenters. The van der Waals surface area contributed by atoms with Crippen molar-refractivity contribution >= 4 is 18.4 Å². The predicted molar refractivity (Wildman–Crippen MR) is 171 cm³/mol. The number of hydroxylamine groups is 2. The van der Waals surface area contributed by atoms with Gasteiger partial charge >= 0.3 is 0 Å². The molecule has 2 aromatic rings. The van der Waals surface area contributed by atoms with E-state index >= 15 is 0 Å². The van der Waals surface area contributed by atoms with Gasteiger partial charge < -0.3 is 19.4 Å². The molecule has 0 amide bonds. The zero-order valence-electron chi connectivity index (χ0n) is 27.2. The Morgan fingerprint density at radius 1 is 1.00 bits per heavy atom. The first-order valence-corrected chi connectivity index (χ1v) is 20.3. The number of rotatable bonds is 10. The van der Waals surface area contributed by atoms with Gasteiger partial charge in [-0.15, -0.1) is 0 Å². The molecule has 3 aliphatic rings. The number of nitrogens with zero attached hydrogens (tertiary/aromatic N) is 1. The highest BCUT2D eigenvalue weighted by Crippen LogP contribution is 2.41. The van der Waals surface area contributed by atoms with Crippen molar-refractivity contribution in [3.8, 4) is 0 Å². The highest BCUT2D eigenvalue weighted by molar-refractivity contribution is 7.86. The summed E-state index contributed by atoms with van der Waals surface area (Å²) < 4.78 is 45.4. The van der Waals surface area contributed by atoms with Crippen molar-refractivity contribution < 1.29 is 41.7 Å². The van der Waals surface area contributed by atoms with Crippen molar-refractivity contribution in [2.45, 2.75) is 132 Å². The highest BCUT2D eigenvalue weighted by Gasteiger charge is 2.55. The summed E-state index contributed by atoms with van der Waals surface area (Å²) in [5, 5.41) is 23.6. The quantitative estimate of drug-likeness (QED) is 0.259. The molecule has 0 aromatic heterocycles. The molecular formula is C33H49NO9SSi. The molecule has 8 atom stereocenters. The second-order valence-corrected chi connectivity index (χ2v) is 20.5. The third-order valence-electron chi connectivity index (χ3n) is 9.80. The van der Waals surface area contributed by atoms with Crippen LogP contribution in [0.1, 0.15) is 69.9 Å². The maximum Gasteiger partial charge on any atom is 0.297 e. The van der Waals surface area contributed by atoms with Crippen molar-refractivity contribution in [2.75, 3.05) is 6.61 Å². The second-order valence-electron chi connectivity index (χ2n) is 14.1. The van der Waals surface area contributed by atoms with Crippen LogP contribution in [0.15, 0.2) is 59.5 Å². The summed E-state index contributed by atoms with van der Waals surface area (Å²) in [5.74, 6) is 0.202. The minimum atomic E-state index is -4.25. The van der Waals surface area contributed by atoms with Crippen LogP contribution < -0.4 is 0 Å². The second kappa shape index (κ2) is 13.8. The van der Waals surface area contributed by atoms with E-state index in [1.54, 1.807) is 12.1 Å². The summed E-state index contributed by atoms with van der Waals surface area (Å²) in [6.07, 6.45) is -1.58. The van der Waals surface area contributed by atoms with Crippen LogP contribution in [0.25, 0.3) is 0 Å². The normalized spacial score (nSPS) is 30.6. The van der Waals surface area contributed by atoms with E-state index < -0.39 is 55.2 Å². The molecule has 10 nitrogen and oxygen atoms in total. The first-order chi connectivity index (χ1) is 21.2. The zero-order chi connectivity index (χ0) is 32.6. The molecule has 12 heteroatoms. The molecule has 0 spiro atoms. The van der Waals surface area contributed by atoms with Crippen LogP contribution in [-0.2, 0) is 33.1 Å². The number of aliphatic hydroxyl groups excluding tert-OH is 2. The van der Waals surface area contributed by atoms with E-state index in [0.29, 0.717) is 0 Å². The Kier molecular flexibility index (Phi) is 10.6. The van der Waals surface area contributed by atoms with Gasteiger partial charge in [0.25, 0.3) is 10.1 Å². The van der Waals surface area contributed by atoms with E-state index in [4.69, 9.17) is 23.0 Å². The van der Waals surface area contributed by atoms with Crippen molar-refractivity contribution in [1.82, 2.24) is 5.23 Å². The van der Waals surface area contributed by atoms with E-state index in [9.17, 15) is 18.6 Å². The number of benzene rings is 2. The molecule has 2 saturated heterocycles. The minimum Gasteiger partial charge on any atom is -0.414 e. The smallest absolute Gasteiger partial charge is 0.297 e. The first kappa shape index (κ1) is 34.6. The van der Waals surface area contributed by atoms with Crippen LogP contribution in [0.4, 0.5) is 0 Å². The van der Waals surface area contributed by atoms with Crippen LogP contribution in [0.5, 0.6) is 0 Å². The molecular weight excluding hydrogens is 615 g/mol. The molecule has 5 rings (SSSR count). The fourth-order valence-electron chi connectivity index (χ4n) is 6.04. The standard InChI is InChI=1S/C33H49NO9SSi/c1-22-16-18-24(19-17-22)44(37,38)43-28(21-39-45(5,6)33(2,3)4)32-31(36)30-26(35)20-29(41-34(30)42-32)40-27-15-11-10-14-25(27)23-12-8-7-9-13-23/h7-9,12-13,16-19,25-32,35-36H,10-11,14-15,20-21H2,1-6H3/t25-,26+,27+,28+,29-,30-,31+,32-/m1/s1. The molecule has 250 valence electrons. The Balaban J connectivity index is 1.33.